The predicted molar refractivity (Wildman–Crippen MR) is 98.6 cm³/mol. The molecular weight excluding hydrogens is 369 g/mol. The lowest BCUT2D eigenvalue weighted by molar-refractivity contribution is -0.130. The number of imidazole rings is 1. The molecule has 0 aliphatic carbocycles. The van der Waals surface area contributed by atoms with Crippen LogP contribution in [0, 0.1) is 11.8 Å². The van der Waals surface area contributed by atoms with E-state index < -0.39 is 5.91 Å². The monoisotopic (exact) mass is 395 g/mol. The molecule has 8 nitrogen and oxygen atoms in total. The molecule has 2 heterocycles. The predicted octanol–water partition coefficient (Wildman–Crippen LogP) is 0.328. The molecule has 25 heavy (non-hydrogen) atoms. The summed E-state index contributed by atoms with van der Waals surface area (Å²) in [6, 6.07) is 0.0645. The lowest BCUT2D eigenvalue weighted by Gasteiger charge is -2.22. The minimum atomic E-state index is -0.580. The second-order valence-corrected chi connectivity index (χ2v) is 6.27. The summed E-state index contributed by atoms with van der Waals surface area (Å²) in [5.41, 5.74) is 4.98. The number of nitrogens with one attached hydrogen (secondary N) is 2. The minimum Gasteiger partial charge on any atom is -0.368 e. The Hall–Kier alpha value is -1.35. The van der Waals surface area contributed by atoms with Crippen LogP contribution in [-0.2, 0) is 20.9 Å². The molecule has 10 heteroatoms. The van der Waals surface area contributed by atoms with Crippen LogP contribution in [0.1, 0.15) is 19.7 Å². The molecular formula is C15H27Cl2N5O3. The Labute approximate surface area is 160 Å². The van der Waals surface area contributed by atoms with E-state index in [9.17, 15) is 9.59 Å². The van der Waals surface area contributed by atoms with E-state index in [1.54, 1.807) is 12.4 Å². The van der Waals surface area contributed by atoms with Gasteiger partial charge in [-0.15, -0.1) is 24.8 Å². The standard InChI is InChI=1S/C15H25N5O3.2ClH/c1-10(2)11-5-20(7-14-17-3-4-18-14)6-12(11)19-15(22)9-23-8-13(16)21;;/h3-4,10-12H,5-9H2,1-2H3,(H2,16,21)(H,17,18)(H,19,22);2*1H/t11-,12+;;/m1../s1. The third-order valence-electron chi connectivity index (χ3n) is 4.05. The van der Waals surface area contributed by atoms with E-state index in [0.29, 0.717) is 11.8 Å². The summed E-state index contributed by atoms with van der Waals surface area (Å²) in [5, 5.41) is 3.01. The van der Waals surface area contributed by atoms with Crippen molar-refractivity contribution >= 4 is 36.6 Å². The second-order valence-electron chi connectivity index (χ2n) is 6.27. The number of H-pyrrole nitrogens is 1. The highest BCUT2D eigenvalue weighted by molar-refractivity contribution is 5.85. The first-order valence-electron chi connectivity index (χ1n) is 7.81. The SMILES string of the molecule is CC(C)[C@H]1CN(Cc2ncc[nH]2)C[C@@H]1NC(=O)COCC(N)=O.Cl.Cl. The average Bonchev–Trinajstić information content (AvgIpc) is 3.08. The van der Waals surface area contributed by atoms with Gasteiger partial charge in [0, 0.05) is 31.5 Å². The van der Waals surface area contributed by atoms with Crippen LogP contribution >= 0.6 is 24.8 Å². The van der Waals surface area contributed by atoms with Gasteiger partial charge >= 0.3 is 0 Å². The molecule has 0 radical (unpaired) electrons. The summed E-state index contributed by atoms with van der Waals surface area (Å²) >= 11 is 0. The highest BCUT2D eigenvalue weighted by atomic mass is 35.5. The number of carbonyl (C=O) groups excluding carboxylic acids is 2. The molecule has 1 saturated heterocycles. The van der Waals surface area contributed by atoms with Crippen molar-refractivity contribution in [2.24, 2.45) is 17.6 Å². The number of hydrogen-bond donors (Lipinski definition) is 3. The van der Waals surface area contributed by atoms with Crippen molar-refractivity contribution in [3.8, 4) is 0 Å². The summed E-state index contributed by atoms with van der Waals surface area (Å²) in [4.78, 5) is 32.2. The third kappa shape index (κ3) is 7.60. The Balaban J connectivity index is 0.00000288. The molecule has 144 valence electrons. The number of nitrogens with two attached hydrogens (primary N) is 1. The highest BCUT2D eigenvalue weighted by Gasteiger charge is 2.35. The maximum atomic E-state index is 11.9. The van der Waals surface area contributed by atoms with Crippen LogP contribution in [0.25, 0.3) is 0 Å². The molecule has 2 amide bonds. The molecule has 1 aliphatic rings. The molecule has 0 aromatic carbocycles. The van der Waals surface area contributed by atoms with E-state index in [2.05, 4.69) is 34.0 Å². The Morgan fingerprint density at radius 1 is 1.40 bits per heavy atom. The number of halogens is 2. The fourth-order valence-electron chi connectivity index (χ4n) is 2.96. The lowest BCUT2D eigenvalue weighted by Crippen LogP contribution is -2.43. The molecule has 0 spiro atoms. The molecule has 2 atom stereocenters. The van der Waals surface area contributed by atoms with Crippen molar-refractivity contribution < 1.29 is 14.3 Å². The first-order chi connectivity index (χ1) is 11.0. The van der Waals surface area contributed by atoms with Crippen molar-refractivity contribution in [2.75, 3.05) is 26.3 Å². The normalized spacial score (nSPS) is 20.0. The largest absolute Gasteiger partial charge is 0.368 e. The van der Waals surface area contributed by atoms with E-state index in [1.165, 1.54) is 0 Å². The number of hydrogen-bond acceptors (Lipinski definition) is 5. The van der Waals surface area contributed by atoms with Crippen LogP contribution in [0.2, 0.25) is 0 Å². The fraction of sp³-hybridized carbons (Fsp3) is 0.667. The van der Waals surface area contributed by atoms with E-state index >= 15 is 0 Å². The third-order valence-corrected chi connectivity index (χ3v) is 4.05. The second kappa shape index (κ2) is 11.3. The summed E-state index contributed by atoms with van der Waals surface area (Å²) in [7, 11) is 0. The highest BCUT2D eigenvalue weighted by Crippen LogP contribution is 2.25. The zero-order chi connectivity index (χ0) is 16.8. The molecule has 0 bridgehead atoms. The molecule has 0 saturated carbocycles. The van der Waals surface area contributed by atoms with Crippen LogP contribution in [0.4, 0.5) is 0 Å². The number of likely N-dealkylation sites (tertiary alicyclic amines) is 1. The van der Waals surface area contributed by atoms with Crippen LogP contribution in [-0.4, -0.2) is 59.0 Å². The molecule has 1 aromatic rings. The number of carbonyl (C=O) groups is 2. The summed E-state index contributed by atoms with van der Waals surface area (Å²) in [6.45, 7) is 6.34. The maximum absolute atomic E-state index is 11.9. The van der Waals surface area contributed by atoms with Gasteiger partial charge in [-0.05, 0) is 11.8 Å². The van der Waals surface area contributed by atoms with E-state index in [4.69, 9.17) is 10.5 Å². The number of amides is 2. The molecule has 1 aliphatic heterocycles. The zero-order valence-corrected chi connectivity index (χ0v) is 16.1. The number of nitrogens with zero attached hydrogens (tertiary/aromatic N) is 2. The minimum absolute atomic E-state index is 0. The van der Waals surface area contributed by atoms with Gasteiger partial charge in [0.25, 0.3) is 0 Å². The van der Waals surface area contributed by atoms with Crippen molar-refractivity contribution in [3.05, 3.63) is 18.2 Å². The molecule has 0 unspecified atom stereocenters. The Bertz CT molecular complexity index is 527. The quantitative estimate of drug-likeness (QED) is 0.586. The number of aromatic nitrogens is 2. The van der Waals surface area contributed by atoms with Gasteiger partial charge in [-0.25, -0.2) is 4.98 Å². The van der Waals surface area contributed by atoms with Gasteiger partial charge in [-0.2, -0.15) is 0 Å². The Morgan fingerprint density at radius 3 is 2.68 bits per heavy atom. The van der Waals surface area contributed by atoms with E-state index in [-0.39, 0.29) is 50.0 Å². The fourth-order valence-corrected chi connectivity index (χ4v) is 2.96. The number of ether oxygens (including phenoxy) is 1. The van der Waals surface area contributed by atoms with E-state index in [1.807, 2.05) is 0 Å². The van der Waals surface area contributed by atoms with Crippen molar-refractivity contribution in [2.45, 2.75) is 26.4 Å². The van der Waals surface area contributed by atoms with Gasteiger partial charge in [0.15, 0.2) is 0 Å². The van der Waals surface area contributed by atoms with Crippen LogP contribution in [0.15, 0.2) is 12.4 Å². The number of primary amides is 1. The summed E-state index contributed by atoms with van der Waals surface area (Å²) in [6.07, 6.45) is 3.54. The molecule has 4 N–H and O–H groups in total. The lowest BCUT2D eigenvalue weighted by atomic mass is 9.91. The topological polar surface area (TPSA) is 113 Å². The first kappa shape index (κ1) is 23.6. The van der Waals surface area contributed by atoms with Gasteiger partial charge in [-0.3, -0.25) is 14.5 Å². The van der Waals surface area contributed by atoms with Gasteiger partial charge in [0.1, 0.15) is 19.0 Å². The van der Waals surface area contributed by atoms with Crippen molar-refractivity contribution in [1.29, 1.82) is 0 Å². The summed E-state index contributed by atoms with van der Waals surface area (Å²) in [5.74, 6) is 0.938. The van der Waals surface area contributed by atoms with Crippen molar-refractivity contribution in [3.63, 3.8) is 0 Å². The van der Waals surface area contributed by atoms with Crippen LogP contribution < -0.4 is 11.1 Å². The molecule has 1 aromatic heterocycles. The van der Waals surface area contributed by atoms with Crippen LogP contribution in [0.5, 0.6) is 0 Å². The molecule has 1 fully saturated rings. The Morgan fingerprint density at radius 2 is 2.12 bits per heavy atom. The van der Waals surface area contributed by atoms with E-state index in [0.717, 1.165) is 25.5 Å². The number of rotatable bonds is 8. The number of aromatic amines is 1. The van der Waals surface area contributed by atoms with Gasteiger partial charge < -0.3 is 20.8 Å². The average molecular weight is 396 g/mol. The van der Waals surface area contributed by atoms with Crippen LogP contribution in [0.3, 0.4) is 0 Å². The van der Waals surface area contributed by atoms with Gasteiger partial charge in [0.05, 0.1) is 6.54 Å². The Kier molecular flexibility index (Phi) is 10.7. The van der Waals surface area contributed by atoms with Gasteiger partial charge in [-0.1, -0.05) is 13.8 Å². The summed E-state index contributed by atoms with van der Waals surface area (Å²) < 4.78 is 4.96. The zero-order valence-electron chi connectivity index (χ0n) is 14.4. The molecule has 2 rings (SSSR count). The first-order valence-corrected chi connectivity index (χ1v) is 7.81. The van der Waals surface area contributed by atoms with Gasteiger partial charge in [0.2, 0.25) is 11.8 Å². The smallest absolute Gasteiger partial charge is 0.246 e. The maximum Gasteiger partial charge on any atom is 0.246 e. The van der Waals surface area contributed by atoms with Crippen molar-refractivity contribution in [1.82, 2.24) is 20.2 Å².